The van der Waals surface area contributed by atoms with E-state index in [-0.39, 0.29) is 5.41 Å². The van der Waals surface area contributed by atoms with Crippen LogP contribution in [0.1, 0.15) is 11.1 Å². The van der Waals surface area contributed by atoms with Gasteiger partial charge in [0.25, 0.3) is 0 Å². The lowest BCUT2D eigenvalue weighted by atomic mass is 9.79. The Morgan fingerprint density at radius 1 is 1.00 bits per heavy atom. The molecule has 1 nitrogen and oxygen atoms in total. The summed E-state index contributed by atoms with van der Waals surface area (Å²) in [5.74, 6) is 0.291. The van der Waals surface area contributed by atoms with Gasteiger partial charge >= 0.3 is 0 Å². The van der Waals surface area contributed by atoms with Gasteiger partial charge in [-0.2, -0.15) is 0 Å². The lowest BCUT2D eigenvalue weighted by Gasteiger charge is -2.31. The minimum absolute atomic E-state index is 0.0676. The number of phenolic OH excluding ortho intramolecular Hbond substituents is 1. The Balaban J connectivity index is 2.36. The Kier molecular flexibility index (Phi) is 5.53. The summed E-state index contributed by atoms with van der Waals surface area (Å²) >= 11 is 13.4. The van der Waals surface area contributed by atoms with Crippen LogP contribution in [0.2, 0.25) is 5.02 Å². The topological polar surface area (TPSA) is 20.2 Å². The van der Waals surface area contributed by atoms with Crippen molar-refractivity contribution >= 4 is 43.5 Å². The number of alkyl halides is 2. The van der Waals surface area contributed by atoms with E-state index in [0.29, 0.717) is 5.75 Å². The lowest BCUT2D eigenvalue weighted by molar-refractivity contribution is 0.474. The van der Waals surface area contributed by atoms with Gasteiger partial charge in [0.2, 0.25) is 0 Å². The molecule has 0 aliphatic rings. The van der Waals surface area contributed by atoms with Gasteiger partial charge in [0.05, 0.1) is 0 Å². The molecular weight excluding hydrogens is 403 g/mol. The van der Waals surface area contributed by atoms with E-state index in [1.807, 2.05) is 30.3 Å². The molecule has 106 valence electrons. The fourth-order valence-corrected chi connectivity index (χ4v) is 4.37. The number of phenols is 1. The number of hydrogen-bond donors (Lipinski definition) is 1. The molecule has 0 heterocycles. The second-order valence-electron chi connectivity index (χ2n) is 4.90. The summed E-state index contributed by atoms with van der Waals surface area (Å²) < 4.78 is 0. The molecule has 2 aromatic rings. The first kappa shape index (κ1) is 15.9. The number of hydrogen-bond acceptors (Lipinski definition) is 1. The molecule has 0 spiro atoms. The highest BCUT2D eigenvalue weighted by Gasteiger charge is 2.30. The number of aromatic hydroxyl groups is 1. The number of rotatable bonds is 5. The maximum atomic E-state index is 9.39. The second-order valence-corrected chi connectivity index (χ2v) is 6.46. The van der Waals surface area contributed by atoms with Crippen LogP contribution in [0, 0.1) is 0 Å². The Morgan fingerprint density at radius 3 is 2.20 bits per heavy atom. The zero-order valence-corrected chi connectivity index (χ0v) is 14.7. The summed E-state index contributed by atoms with van der Waals surface area (Å²) in [7, 11) is 0. The molecule has 0 aliphatic carbocycles. The van der Waals surface area contributed by atoms with Crippen molar-refractivity contribution < 1.29 is 5.11 Å². The average molecular weight is 419 g/mol. The maximum absolute atomic E-state index is 9.39. The SMILES string of the molecule is Oc1ccc(CC(CBr)(CBr)c2cccc(Cl)c2)cc1. The van der Waals surface area contributed by atoms with Gasteiger partial charge < -0.3 is 5.11 Å². The summed E-state index contributed by atoms with van der Waals surface area (Å²) in [6.07, 6.45) is 0.865. The smallest absolute Gasteiger partial charge is 0.115 e. The molecule has 20 heavy (non-hydrogen) atoms. The van der Waals surface area contributed by atoms with E-state index in [1.165, 1.54) is 11.1 Å². The maximum Gasteiger partial charge on any atom is 0.115 e. The monoisotopic (exact) mass is 416 g/mol. The van der Waals surface area contributed by atoms with E-state index in [1.54, 1.807) is 12.1 Å². The van der Waals surface area contributed by atoms with E-state index >= 15 is 0 Å². The van der Waals surface area contributed by atoms with E-state index < -0.39 is 0 Å². The highest BCUT2D eigenvalue weighted by molar-refractivity contribution is 9.09. The molecule has 0 fully saturated rings. The summed E-state index contributed by atoms with van der Waals surface area (Å²) in [5.41, 5.74) is 2.32. The predicted molar refractivity (Wildman–Crippen MR) is 92.5 cm³/mol. The van der Waals surface area contributed by atoms with E-state index in [4.69, 9.17) is 11.6 Å². The zero-order valence-electron chi connectivity index (χ0n) is 10.8. The van der Waals surface area contributed by atoms with Crippen LogP contribution >= 0.6 is 43.5 Å². The summed E-state index contributed by atoms with van der Waals surface area (Å²) in [6, 6.07) is 15.4. The van der Waals surface area contributed by atoms with Gasteiger partial charge in [0.15, 0.2) is 0 Å². The molecule has 4 heteroatoms. The van der Waals surface area contributed by atoms with Crippen LogP contribution in [-0.2, 0) is 11.8 Å². The average Bonchev–Trinajstić information content (AvgIpc) is 2.47. The quantitative estimate of drug-likeness (QED) is 0.652. The molecular formula is C16H15Br2ClO. The van der Waals surface area contributed by atoms with Crippen molar-refractivity contribution in [2.45, 2.75) is 11.8 Å². The highest BCUT2D eigenvalue weighted by atomic mass is 79.9. The molecule has 2 aromatic carbocycles. The van der Waals surface area contributed by atoms with Crippen LogP contribution in [0.25, 0.3) is 0 Å². The van der Waals surface area contributed by atoms with Gasteiger partial charge in [-0.05, 0) is 41.8 Å². The van der Waals surface area contributed by atoms with E-state index in [2.05, 4.69) is 37.9 Å². The molecule has 2 rings (SSSR count). The van der Waals surface area contributed by atoms with Crippen molar-refractivity contribution in [2.75, 3.05) is 10.7 Å². The van der Waals surface area contributed by atoms with Crippen molar-refractivity contribution in [1.29, 1.82) is 0 Å². The van der Waals surface area contributed by atoms with E-state index in [9.17, 15) is 5.11 Å². The van der Waals surface area contributed by atoms with Crippen molar-refractivity contribution in [1.82, 2.24) is 0 Å². The number of benzene rings is 2. The fourth-order valence-electron chi connectivity index (χ4n) is 2.21. The third-order valence-electron chi connectivity index (χ3n) is 3.43. The van der Waals surface area contributed by atoms with Crippen molar-refractivity contribution in [3.05, 3.63) is 64.7 Å². The Morgan fingerprint density at radius 2 is 1.65 bits per heavy atom. The van der Waals surface area contributed by atoms with Gasteiger partial charge in [-0.15, -0.1) is 0 Å². The first-order valence-electron chi connectivity index (χ1n) is 6.25. The van der Waals surface area contributed by atoms with Crippen LogP contribution in [0.5, 0.6) is 5.75 Å². The van der Waals surface area contributed by atoms with Crippen molar-refractivity contribution in [3.63, 3.8) is 0 Å². The minimum Gasteiger partial charge on any atom is -0.508 e. The first-order valence-corrected chi connectivity index (χ1v) is 8.87. The Hall–Kier alpha value is -0.510. The van der Waals surface area contributed by atoms with Crippen molar-refractivity contribution in [2.24, 2.45) is 0 Å². The summed E-state index contributed by atoms with van der Waals surface area (Å²) in [4.78, 5) is 0. The van der Waals surface area contributed by atoms with Crippen LogP contribution in [0.15, 0.2) is 48.5 Å². The first-order chi connectivity index (χ1) is 9.59. The van der Waals surface area contributed by atoms with Crippen LogP contribution < -0.4 is 0 Å². The van der Waals surface area contributed by atoms with Crippen LogP contribution in [0.3, 0.4) is 0 Å². The normalized spacial score (nSPS) is 11.6. The summed E-state index contributed by atoms with van der Waals surface area (Å²) in [5, 5.41) is 11.8. The van der Waals surface area contributed by atoms with Gasteiger partial charge in [0, 0.05) is 21.1 Å². The van der Waals surface area contributed by atoms with Crippen LogP contribution in [0.4, 0.5) is 0 Å². The van der Waals surface area contributed by atoms with Gasteiger partial charge in [-0.3, -0.25) is 0 Å². The Labute approximate surface area is 141 Å². The van der Waals surface area contributed by atoms with Gasteiger partial charge in [-0.1, -0.05) is 67.7 Å². The number of halogens is 3. The molecule has 0 bridgehead atoms. The molecule has 0 aliphatic heterocycles. The third kappa shape index (κ3) is 3.57. The van der Waals surface area contributed by atoms with Gasteiger partial charge in [-0.25, -0.2) is 0 Å². The standard InChI is InChI=1S/C16H15Br2ClO/c17-10-16(11-18,13-2-1-3-14(19)8-13)9-12-4-6-15(20)7-5-12/h1-8,20H,9-11H2. The third-order valence-corrected chi connectivity index (χ3v) is 5.81. The minimum atomic E-state index is -0.0676. The molecule has 0 saturated heterocycles. The molecule has 1 N–H and O–H groups in total. The molecule has 0 atom stereocenters. The fraction of sp³-hybridized carbons (Fsp3) is 0.250. The predicted octanol–water partition coefficient (Wildman–Crippen LogP) is 5.32. The second kappa shape index (κ2) is 6.97. The lowest BCUT2D eigenvalue weighted by Crippen LogP contribution is -2.33. The van der Waals surface area contributed by atoms with E-state index in [0.717, 1.165) is 22.1 Å². The Bertz CT molecular complexity index is 565. The highest BCUT2D eigenvalue weighted by Crippen LogP contribution is 2.34. The largest absolute Gasteiger partial charge is 0.508 e. The summed E-state index contributed by atoms with van der Waals surface area (Å²) in [6.45, 7) is 0. The zero-order chi connectivity index (χ0) is 14.6. The van der Waals surface area contributed by atoms with Crippen molar-refractivity contribution in [3.8, 4) is 5.75 Å². The molecule has 0 radical (unpaired) electrons. The molecule has 0 saturated carbocycles. The molecule has 0 unspecified atom stereocenters. The van der Waals surface area contributed by atoms with Gasteiger partial charge in [0.1, 0.15) is 5.75 Å². The molecule has 0 aromatic heterocycles. The molecule has 0 amide bonds. The van der Waals surface area contributed by atoms with Crippen LogP contribution in [-0.4, -0.2) is 15.8 Å².